The van der Waals surface area contributed by atoms with Gasteiger partial charge in [-0.1, -0.05) is 23.7 Å². The Morgan fingerprint density at radius 1 is 1.07 bits per heavy atom. The van der Waals surface area contributed by atoms with Gasteiger partial charge in [-0.3, -0.25) is 9.59 Å². The molecule has 2 aromatic heterocycles. The monoisotopic (exact) mass is 419 g/mol. The summed E-state index contributed by atoms with van der Waals surface area (Å²) in [6.45, 7) is 3.75. The van der Waals surface area contributed by atoms with Gasteiger partial charge in [0, 0.05) is 22.9 Å². The Labute approximate surface area is 177 Å². The smallest absolute Gasteiger partial charge is 0.264 e. The summed E-state index contributed by atoms with van der Waals surface area (Å²) in [5.41, 5.74) is 4.68. The summed E-state index contributed by atoms with van der Waals surface area (Å²) in [7, 11) is 0. The average molecular weight is 420 g/mol. The lowest BCUT2D eigenvalue weighted by Crippen LogP contribution is -2.12. The van der Waals surface area contributed by atoms with Crippen LogP contribution in [0.4, 0.5) is 5.69 Å². The minimum absolute atomic E-state index is 0.237. The number of hydrogen-bond donors (Lipinski definition) is 2. The van der Waals surface area contributed by atoms with E-state index in [2.05, 4.69) is 20.6 Å². The molecule has 0 fully saturated rings. The number of anilines is 1. The van der Waals surface area contributed by atoms with Gasteiger partial charge in [-0.25, -0.2) is 9.78 Å². The van der Waals surface area contributed by atoms with E-state index < -0.39 is 0 Å². The Morgan fingerprint density at radius 2 is 1.83 bits per heavy atom. The maximum atomic E-state index is 12.7. The summed E-state index contributed by atoms with van der Waals surface area (Å²) in [4.78, 5) is 23.8. The second-order valence-corrected chi connectivity index (χ2v) is 7.16. The third-order valence-electron chi connectivity index (χ3n) is 4.67. The first-order chi connectivity index (χ1) is 14.4. The van der Waals surface area contributed by atoms with Crippen molar-refractivity contribution >= 4 is 23.2 Å². The molecule has 0 saturated heterocycles. The van der Waals surface area contributed by atoms with Gasteiger partial charge in [0.25, 0.3) is 11.5 Å². The van der Waals surface area contributed by atoms with Crippen molar-refractivity contribution in [3.8, 4) is 16.9 Å². The van der Waals surface area contributed by atoms with Gasteiger partial charge in [-0.15, -0.1) is 0 Å². The highest BCUT2D eigenvalue weighted by atomic mass is 35.5. The van der Waals surface area contributed by atoms with E-state index in [9.17, 15) is 9.59 Å². The number of aromatic amines is 1. The predicted octanol–water partition coefficient (Wildman–Crippen LogP) is 4.15. The molecule has 30 heavy (non-hydrogen) atoms. The van der Waals surface area contributed by atoms with Crippen LogP contribution in [0.2, 0.25) is 5.02 Å². The fourth-order valence-electron chi connectivity index (χ4n) is 3.09. The van der Waals surface area contributed by atoms with Crippen molar-refractivity contribution in [2.75, 3.05) is 5.32 Å². The fraction of sp³-hybridized carbons (Fsp3) is 0.0909. The highest BCUT2D eigenvalue weighted by Gasteiger charge is 2.12. The molecule has 0 unspecified atom stereocenters. The lowest BCUT2D eigenvalue weighted by Gasteiger charge is -2.09. The molecule has 4 aromatic rings. The molecular weight excluding hydrogens is 402 g/mol. The van der Waals surface area contributed by atoms with Crippen LogP contribution in [0.3, 0.4) is 0 Å². The SMILES string of the molecule is Cc1nn(-c2ccc(C(=O)Nc3cccc(-c4ccc(=O)[nH]n4)c3)cc2)c(C)c1Cl. The molecule has 0 atom stereocenters. The van der Waals surface area contributed by atoms with Crippen LogP contribution in [-0.2, 0) is 0 Å². The normalized spacial score (nSPS) is 10.8. The van der Waals surface area contributed by atoms with E-state index >= 15 is 0 Å². The highest BCUT2D eigenvalue weighted by molar-refractivity contribution is 6.31. The van der Waals surface area contributed by atoms with Gasteiger partial charge in [0.15, 0.2) is 0 Å². The van der Waals surface area contributed by atoms with Gasteiger partial charge in [-0.2, -0.15) is 10.2 Å². The molecule has 2 aromatic carbocycles. The summed E-state index contributed by atoms with van der Waals surface area (Å²) in [5, 5.41) is 14.4. The van der Waals surface area contributed by atoms with Crippen molar-refractivity contribution in [2.45, 2.75) is 13.8 Å². The summed E-state index contributed by atoms with van der Waals surface area (Å²) in [6, 6.07) is 17.4. The minimum atomic E-state index is -0.269. The van der Waals surface area contributed by atoms with Crippen LogP contribution in [0.5, 0.6) is 0 Å². The molecule has 0 aliphatic heterocycles. The summed E-state index contributed by atoms with van der Waals surface area (Å²) in [5.74, 6) is -0.237. The Bertz CT molecular complexity index is 1270. The van der Waals surface area contributed by atoms with Gasteiger partial charge in [-0.05, 0) is 56.3 Å². The number of aromatic nitrogens is 4. The molecule has 4 rings (SSSR count). The lowest BCUT2D eigenvalue weighted by atomic mass is 10.1. The Morgan fingerprint density at radius 3 is 2.47 bits per heavy atom. The van der Waals surface area contributed by atoms with E-state index in [1.165, 1.54) is 6.07 Å². The van der Waals surface area contributed by atoms with E-state index in [1.54, 1.807) is 35.0 Å². The summed E-state index contributed by atoms with van der Waals surface area (Å²) < 4.78 is 1.75. The molecule has 0 bridgehead atoms. The third kappa shape index (κ3) is 3.88. The van der Waals surface area contributed by atoms with Crippen LogP contribution in [0, 0.1) is 13.8 Å². The Kier molecular flexibility index (Phi) is 5.20. The molecule has 0 radical (unpaired) electrons. The molecule has 1 amide bonds. The quantitative estimate of drug-likeness (QED) is 0.519. The largest absolute Gasteiger partial charge is 0.322 e. The standard InChI is InChI=1S/C22H18ClN5O2/c1-13-21(23)14(2)28(27-13)18-8-6-15(7-9-18)22(30)24-17-5-3-4-16(12-17)19-10-11-20(29)26-25-19/h3-12H,1-2H3,(H,24,30)(H,26,29). The molecule has 150 valence electrons. The number of amides is 1. The molecule has 0 aliphatic carbocycles. The molecule has 7 nitrogen and oxygen atoms in total. The van der Waals surface area contributed by atoms with Crippen molar-refractivity contribution in [3.63, 3.8) is 0 Å². The van der Waals surface area contributed by atoms with Crippen molar-refractivity contribution in [2.24, 2.45) is 0 Å². The zero-order valence-corrected chi connectivity index (χ0v) is 17.1. The topological polar surface area (TPSA) is 92.7 Å². The van der Waals surface area contributed by atoms with Crippen molar-refractivity contribution < 1.29 is 4.79 Å². The molecule has 8 heteroatoms. The van der Waals surface area contributed by atoms with E-state index in [0.29, 0.717) is 22.0 Å². The number of hydrogen-bond acceptors (Lipinski definition) is 4. The van der Waals surface area contributed by atoms with Gasteiger partial charge >= 0.3 is 0 Å². The average Bonchev–Trinajstić information content (AvgIpc) is 3.02. The number of carbonyl (C=O) groups excluding carboxylic acids is 1. The minimum Gasteiger partial charge on any atom is -0.322 e. The van der Waals surface area contributed by atoms with E-state index in [4.69, 9.17) is 11.6 Å². The number of H-pyrrole nitrogens is 1. The Hall–Kier alpha value is -3.71. The number of carbonyl (C=O) groups is 1. The second kappa shape index (κ2) is 7.96. The summed E-state index contributed by atoms with van der Waals surface area (Å²) in [6.07, 6.45) is 0. The summed E-state index contributed by atoms with van der Waals surface area (Å²) >= 11 is 6.22. The first-order valence-electron chi connectivity index (χ1n) is 9.22. The first-order valence-corrected chi connectivity index (χ1v) is 9.60. The number of aryl methyl sites for hydroxylation is 1. The van der Waals surface area contributed by atoms with Crippen LogP contribution in [0.15, 0.2) is 65.5 Å². The van der Waals surface area contributed by atoms with Gasteiger partial charge in [0.1, 0.15) is 0 Å². The van der Waals surface area contributed by atoms with E-state index in [1.807, 2.05) is 38.1 Å². The van der Waals surface area contributed by atoms with Crippen LogP contribution >= 0.6 is 11.6 Å². The number of benzene rings is 2. The second-order valence-electron chi connectivity index (χ2n) is 6.78. The van der Waals surface area contributed by atoms with Crippen molar-refractivity contribution in [1.29, 1.82) is 0 Å². The molecular formula is C22H18ClN5O2. The zero-order chi connectivity index (χ0) is 21.3. The number of rotatable bonds is 4. The fourth-order valence-corrected chi connectivity index (χ4v) is 3.21. The van der Waals surface area contributed by atoms with Crippen molar-refractivity contribution in [1.82, 2.24) is 20.0 Å². The number of nitrogens with zero attached hydrogens (tertiary/aromatic N) is 3. The van der Waals surface area contributed by atoms with E-state index in [0.717, 1.165) is 22.6 Å². The van der Waals surface area contributed by atoms with Crippen LogP contribution in [0.1, 0.15) is 21.7 Å². The van der Waals surface area contributed by atoms with Crippen LogP contribution < -0.4 is 10.9 Å². The molecule has 2 N–H and O–H groups in total. The number of halogens is 1. The van der Waals surface area contributed by atoms with E-state index in [-0.39, 0.29) is 11.5 Å². The van der Waals surface area contributed by atoms with Crippen LogP contribution in [-0.4, -0.2) is 25.9 Å². The molecule has 2 heterocycles. The molecule has 0 saturated carbocycles. The van der Waals surface area contributed by atoms with Gasteiger partial charge in [0.2, 0.25) is 0 Å². The Balaban J connectivity index is 1.53. The lowest BCUT2D eigenvalue weighted by molar-refractivity contribution is 0.102. The first kappa shape index (κ1) is 19.6. The highest BCUT2D eigenvalue weighted by Crippen LogP contribution is 2.23. The maximum Gasteiger partial charge on any atom is 0.264 e. The predicted molar refractivity (Wildman–Crippen MR) is 116 cm³/mol. The maximum absolute atomic E-state index is 12.7. The number of nitrogens with one attached hydrogen (secondary N) is 2. The van der Waals surface area contributed by atoms with Crippen molar-refractivity contribution in [3.05, 3.63) is 93.0 Å². The van der Waals surface area contributed by atoms with Crippen LogP contribution in [0.25, 0.3) is 16.9 Å². The molecule has 0 aliphatic rings. The molecule has 0 spiro atoms. The van der Waals surface area contributed by atoms with Gasteiger partial charge < -0.3 is 5.32 Å². The zero-order valence-electron chi connectivity index (χ0n) is 16.3. The van der Waals surface area contributed by atoms with Gasteiger partial charge in [0.05, 0.1) is 27.8 Å². The third-order valence-corrected chi connectivity index (χ3v) is 5.22.